The molecule has 8 nitrogen and oxygen atoms in total. The van der Waals surface area contributed by atoms with Gasteiger partial charge in [0.05, 0.1) is 0 Å². The summed E-state index contributed by atoms with van der Waals surface area (Å²) in [5.74, 6) is 0.222. The van der Waals surface area contributed by atoms with Crippen molar-refractivity contribution in [3.05, 3.63) is 17.9 Å². The van der Waals surface area contributed by atoms with Crippen LogP contribution in [0, 0.1) is 0 Å². The molecule has 2 aromatic rings. The van der Waals surface area contributed by atoms with E-state index in [2.05, 4.69) is 20.0 Å². The number of aromatic nitrogens is 4. The molecule has 0 saturated carbocycles. The molecule has 20 heavy (non-hydrogen) atoms. The van der Waals surface area contributed by atoms with Gasteiger partial charge in [-0.3, -0.25) is 4.79 Å². The number of hydrogen-bond donors (Lipinski definition) is 1. The third-order valence-electron chi connectivity index (χ3n) is 3.17. The molecule has 0 aromatic carbocycles. The average molecular weight is 293 g/mol. The number of hydrogen-bond acceptors (Lipinski definition) is 7. The SMILES string of the molecule is Nc1ncn(CC(=O)N2CCN(c3nccs3)CC2)n1. The van der Waals surface area contributed by atoms with Crippen LogP contribution in [0.2, 0.25) is 0 Å². The van der Waals surface area contributed by atoms with Gasteiger partial charge < -0.3 is 15.5 Å². The summed E-state index contributed by atoms with van der Waals surface area (Å²) in [7, 11) is 0. The first-order valence-electron chi connectivity index (χ1n) is 6.29. The van der Waals surface area contributed by atoms with Gasteiger partial charge in [0.15, 0.2) is 5.13 Å². The van der Waals surface area contributed by atoms with Gasteiger partial charge in [-0.15, -0.1) is 16.4 Å². The van der Waals surface area contributed by atoms with Crippen LogP contribution in [0.25, 0.3) is 0 Å². The molecule has 0 unspecified atom stereocenters. The summed E-state index contributed by atoms with van der Waals surface area (Å²) in [6.45, 7) is 3.18. The Kier molecular flexibility index (Phi) is 3.50. The Morgan fingerprint density at radius 3 is 2.70 bits per heavy atom. The van der Waals surface area contributed by atoms with Gasteiger partial charge in [0.2, 0.25) is 11.9 Å². The number of rotatable bonds is 3. The highest BCUT2D eigenvalue weighted by molar-refractivity contribution is 7.13. The molecular weight excluding hydrogens is 278 g/mol. The van der Waals surface area contributed by atoms with E-state index < -0.39 is 0 Å². The van der Waals surface area contributed by atoms with Crippen LogP contribution in [-0.2, 0) is 11.3 Å². The number of thiazole rings is 1. The fourth-order valence-electron chi connectivity index (χ4n) is 2.14. The molecule has 9 heteroatoms. The maximum atomic E-state index is 12.1. The predicted molar refractivity (Wildman–Crippen MR) is 75.3 cm³/mol. The van der Waals surface area contributed by atoms with Crippen LogP contribution >= 0.6 is 11.3 Å². The first-order chi connectivity index (χ1) is 9.72. The van der Waals surface area contributed by atoms with Crippen LogP contribution in [0.4, 0.5) is 11.1 Å². The topological polar surface area (TPSA) is 93.2 Å². The summed E-state index contributed by atoms with van der Waals surface area (Å²) in [6, 6.07) is 0. The van der Waals surface area contributed by atoms with Crippen molar-refractivity contribution < 1.29 is 4.79 Å². The number of carbonyl (C=O) groups excluding carboxylic acids is 1. The van der Waals surface area contributed by atoms with Crippen molar-refractivity contribution in [3.63, 3.8) is 0 Å². The molecule has 1 amide bonds. The molecule has 0 spiro atoms. The lowest BCUT2D eigenvalue weighted by Crippen LogP contribution is -2.49. The van der Waals surface area contributed by atoms with Crippen molar-refractivity contribution in [2.75, 3.05) is 36.8 Å². The third kappa shape index (κ3) is 2.72. The molecule has 2 aromatic heterocycles. The predicted octanol–water partition coefficient (Wildman–Crippen LogP) is -0.334. The van der Waals surface area contributed by atoms with Crippen LogP contribution in [0.1, 0.15) is 0 Å². The number of piperazine rings is 1. The second kappa shape index (κ2) is 5.45. The van der Waals surface area contributed by atoms with Crippen molar-refractivity contribution in [2.45, 2.75) is 6.54 Å². The second-order valence-corrected chi connectivity index (χ2v) is 5.36. The Bertz CT molecular complexity index is 573. The quantitative estimate of drug-likeness (QED) is 0.832. The van der Waals surface area contributed by atoms with Gasteiger partial charge >= 0.3 is 0 Å². The van der Waals surface area contributed by atoms with Crippen molar-refractivity contribution in [1.29, 1.82) is 0 Å². The smallest absolute Gasteiger partial charge is 0.244 e. The maximum Gasteiger partial charge on any atom is 0.244 e. The maximum absolute atomic E-state index is 12.1. The second-order valence-electron chi connectivity index (χ2n) is 4.48. The van der Waals surface area contributed by atoms with Crippen LogP contribution in [0.15, 0.2) is 17.9 Å². The molecule has 0 bridgehead atoms. The molecule has 0 radical (unpaired) electrons. The van der Waals surface area contributed by atoms with E-state index in [4.69, 9.17) is 5.73 Å². The summed E-state index contributed by atoms with van der Waals surface area (Å²) >= 11 is 1.62. The molecule has 1 aliphatic rings. The number of anilines is 2. The molecule has 1 fully saturated rings. The van der Waals surface area contributed by atoms with Gasteiger partial charge in [0.25, 0.3) is 0 Å². The number of amides is 1. The van der Waals surface area contributed by atoms with E-state index in [0.717, 1.165) is 18.2 Å². The highest BCUT2D eigenvalue weighted by Crippen LogP contribution is 2.18. The molecule has 3 heterocycles. The van der Waals surface area contributed by atoms with E-state index in [1.54, 1.807) is 17.5 Å². The monoisotopic (exact) mass is 293 g/mol. The zero-order valence-corrected chi connectivity index (χ0v) is 11.7. The average Bonchev–Trinajstić information content (AvgIpc) is 3.11. The lowest BCUT2D eigenvalue weighted by molar-refractivity contribution is -0.132. The van der Waals surface area contributed by atoms with E-state index in [0.29, 0.717) is 13.1 Å². The van der Waals surface area contributed by atoms with Crippen LogP contribution in [-0.4, -0.2) is 56.7 Å². The van der Waals surface area contributed by atoms with Crippen molar-refractivity contribution in [3.8, 4) is 0 Å². The van der Waals surface area contributed by atoms with Gasteiger partial charge in [-0.25, -0.2) is 14.6 Å². The summed E-state index contributed by atoms with van der Waals surface area (Å²) in [6.07, 6.45) is 3.27. The zero-order chi connectivity index (χ0) is 13.9. The minimum absolute atomic E-state index is 0.0358. The van der Waals surface area contributed by atoms with Gasteiger partial charge in [-0.1, -0.05) is 0 Å². The fourth-order valence-corrected chi connectivity index (χ4v) is 2.84. The van der Waals surface area contributed by atoms with E-state index in [-0.39, 0.29) is 18.4 Å². The molecule has 1 saturated heterocycles. The highest BCUT2D eigenvalue weighted by Gasteiger charge is 2.22. The summed E-state index contributed by atoms with van der Waals surface area (Å²) in [4.78, 5) is 24.3. The lowest BCUT2D eigenvalue weighted by Gasteiger charge is -2.34. The number of nitrogens with two attached hydrogens (primary N) is 1. The molecule has 3 rings (SSSR count). The Balaban J connectivity index is 1.54. The highest BCUT2D eigenvalue weighted by atomic mass is 32.1. The number of carbonyl (C=O) groups is 1. The summed E-state index contributed by atoms with van der Waals surface area (Å²) in [5.41, 5.74) is 5.42. The summed E-state index contributed by atoms with van der Waals surface area (Å²) < 4.78 is 1.46. The van der Waals surface area contributed by atoms with Crippen molar-refractivity contribution in [2.24, 2.45) is 0 Å². The van der Waals surface area contributed by atoms with Crippen molar-refractivity contribution in [1.82, 2.24) is 24.6 Å². The van der Waals surface area contributed by atoms with Crippen LogP contribution in [0.3, 0.4) is 0 Å². The van der Waals surface area contributed by atoms with E-state index >= 15 is 0 Å². The van der Waals surface area contributed by atoms with Crippen LogP contribution in [0.5, 0.6) is 0 Å². The minimum atomic E-state index is 0.0358. The standard InChI is InChI=1S/C11H15N7OS/c12-10-14-8-18(15-10)7-9(19)16-2-4-17(5-3-16)11-13-1-6-20-11/h1,6,8H,2-5,7H2,(H2,12,15). The number of nitrogens with zero attached hydrogens (tertiary/aromatic N) is 6. The van der Waals surface area contributed by atoms with Gasteiger partial charge in [-0.2, -0.15) is 0 Å². The van der Waals surface area contributed by atoms with Gasteiger partial charge in [0.1, 0.15) is 12.9 Å². The van der Waals surface area contributed by atoms with Crippen LogP contribution < -0.4 is 10.6 Å². The molecular formula is C11H15N7OS. The molecule has 106 valence electrons. The first kappa shape index (κ1) is 12.9. The van der Waals surface area contributed by atoms with E-state index in [1.807, 2.05) is 10.3 Å². The van der Waals surface area contributed by atoms with Crippen molar-refractivity contribution >= 4 is 28.3 Å². The van der Waals surface area contributed by atoms with E-state index in [1.165, 1.54) is 11.0 Å². The molecule has 0 atom stereocenters. The molecule has 1 aliphatic heterocycles. The fraction of sp³-hybridized carbons (Fsp3) is 0.455. The Morgan fingerprint density at radius 1 is 1.30 bits per heavy atom. The molecule has 2 N–H and O–H groups in total. The lowest BCUT2D eigenvalue weighted by atomic mass is 10.3. The number of nitrogen functional groups attached to an aromatic ring is 1. The zero-order valence-electron chi connectivity index (χ0n) is 10.8. The Morgan fingerprint density at radius 2 is 2.10 bits per heavy atom. The normalized spacial score (nSPS) is 15.6. The largest absolute Gasteiger partial charge is 0.367 e. The third-order valence-corrected chi connectivity index (χ3v) is 4.01. The van der Waals surface area contributed by atoms with E-state index in [9.17, 15) is 4.79 Å². The van der Waals surface area contributed by atoms with Gasteiger partial charge in [-0.05, 0) is 0 Å². The summed E-state index contributed by atoms with van der Waals surface area (Å²) in [5, 5.41) is 6.89. The minimum Gasteiger partial charge on any atom is -0.367 e. The van der Waals surface area contributed by atoms with Gasteiger partial charge in [0, 0.05) is 37.8 Å². The Hall–Kier alpha value is -2.16. The Labute approximate surface area is 119 Å². The molecule has 0 aliphatic carbocycles. The first-order valence-corrected chi connectivity index (χ1v) is 7.17.